The summed E-state index contributed by atoms with van der Waals surface area (Å²) in [5, 5.41) is 19.1. The first-order chi connectivity index (χ1) is 13.9. The quantitative estimate of drug-likeness (QED) is 0.577. The van der Waals surface area contributed by atoms with E-state index in [1.54, 1.807) is 0 Å². The molecule has 30 heavy (non-hydrogen) atoms. The normalized spacial score (nSPS) is 19.5. The number of fused-ring (bicyclic) bond motifs is 1. The van der Waals surface area contributed by atoms with Crippen LogP contribution in [0.3, 0.4) is 0 Å². The summed E-state index contributed by atoms with van der Waals surface area (Å²) in [6, 6.07) is 2.81. The molecule has 1 aliphatic rings. The number of methoxy groups -OCH3 is 1. The van der Waals surface area contributed by atoms with Crippen LogP contribution in [-0.2, 0) is 10.9 Å². The van der Waals surface area contributed by atoms with Crippen LogP contribution in [0.25, 0.3) is 0 Å². The van der Waals surface area contributed by atoms with E-state index in [0.29, 0.717) is 12.1 Å². The fourth-order valence-corrected chi connectivity index (χ4v) is 3.47. The summed E-state index contributed by atoms with van der Waals surface area (Å²) in [6.45, 7) is 0. The van der Waals surface area contributed by atoms with Gasteiger partial charge in [-0.25, -0.2) is 17.6 Å². The van der Waals surface area contributed by atoms with E-state index in [9.17, 15) is 40.6 Å². The van der Waals surface area contributed by atoms with Crippen LogP contribution in [0.2, 0.25) is 0 Å². The second-order valence-corrected chi connectivity index (χ2v) is 6.45. The van der Waals surface area contributed by atoms with Crippen LogP contribution >= 0.6 is 0 Å². The van der Waals surface area contributed by atoms with Gasteiger partial charge < -0.3 is 9.84 Å². The highest BCUT2D eigenvalue weighted by atomic mass is 19.4. The first kappa shape index (κ1) is 21.7. The molecule has 1 aliphatic carbocycles. The number of aliphatic hydroxyl groups excluding tert-OH is 1. The number of ether oxygens (including phenoxy) is 1. The summed E-state index contributed by atoms with van der Waals surface area (Å²) in [7, 11) is 0.821. The Hall–Kier alpha value is -2.97. The van der Waals surface area contributed by atoms with Crippen LogP contribution in [0.5, 0.6) is 0 Å². The Morgan fingerprint density at radius 3 is 2.13 bits per heavy atom. The van der Waals surface area contributed by atoms with Gasteiger partial charge in [0.1, 0.15) is 17.7 Å². The van der Waals surface area contributed by atoms with Gasteiger partial charge in [-0.1, -0.05) is 6.07 Å². The van der Waals surface area contributed by atoms with E-state index in [2.05, 4.69) is 0 Å². The van der Waals surface area contributed by atoms with Gasteiger partial charge in [0.05, 0.1) is 23.1 Å². The molecule has 0 heterocycles. The molecule has 3 unspecified atom stereocenters. The number of nitrogens with zero attached hydrogens (tertiary/aromatic N) is 1. The maximum atomic E-state index is 14.4. The van der Waals surface area contributed by atoms with Crippen molar-refractivity contribution in [1.82, 2.24) is 0 Å². The molecule has 3 rings (SSSR count). The van der Waals surface area contributed by atoms with E-state index in [1.165, 1.54) is 0 Å². The average molecular weight is 433 g/mol. The lowest BCUT2D eigenvalue weighted by Crippen LogP contribution is -2.26. The molecule has 1 N–H and O–H groups in total. The van der Waals surface area contributed by atoms with E-state index in [0.717, 1.165) is 19.2 Å². The summed E-state index contributed by atoms with van der Waals surface area (Å²) >= 11 is 0. The minimum atomic E-state index is -4.80. The third-order valence-corrected chi connectivity index (χ3v) is 4.88. The summed E-state index contributed by atoms with van der Waals surface area (Å²) in [5.74, 6) is -11.1. The topological polar surface area (TPSA) is 70.3 Å². The molecule has 0 saturated heterocycles. The number of alkyl halides is 3. The SMILES string of the molecule is COC(c1c(F)c(F)c(C#N)c(F)c1F)C1C(=O)c2ccc(C(F)(F)F)cc2C1O. The molecule has 0 fully saturated rings. The highest BCUT2D eigenvalue weighted by Crippen LogP contribution is 2.47. The molecule has 4 nitrogen and oxygen atoms in total. The number of hydrogen-bond donors (Lipinski definition) is 1. The number of aliphatic hydroxyl groups is 1. The van der Waals surface area contributed by atoms with Crippen LogP contribution < -0.4 is 0 Å². The van der Waals surface area contributed by atoms with Crippen molar-refractivity contribution in [2.45, 2.75) is 18.4 Å². The fraction of sp³-hybridized carbons (Fsp3) is 0.263. The average Bonchev–Trinajstić information content (AvgIpc) is 2.94. The summed E-state index contributed by atoms with van der Waals surface area (Å²) in [5.41, 5.74) is -4.97. The van der Waals surface area contributed by atoms with Crippen LogP contribution in [0.4, 0.5) is 30.7 Å². The number of carbonyl (C=O) groups is 1. The first-order valence-electron chi connectivity index (χ1n) is 8.17. The lowest BCUT2D eigenvalue weighted by molar-refractivity contribution is -0.137. The van der Waals surface area contributed by atoms with E-state index in [4.69, 9.17) is 10.00 Å². The molecule has 11 heteroatoms. The van der Waals surface area contributed by atoms with Gasteiger partial charge in [-0.15, -0.1) is 0 Å². The van der Waals surface area contributed by atoms with E-state index < -0.39 is 75.6 Å². The lowest BCUT2D eigenvalue weighted by atomic mass is 9.89. The number of hydrogen-bond acceptors (Lipinski definition) is 4. The van der Waals surface area contributed by atoms with Gasteiger partial charge in [-0.05, 0) is 17.7 Å². The first-order valence-corrected chi connectivity index (χ1v) is 8.17. The van der Waals surface area contributed by atoms with Crippen molar-refractivity contribution < 1.29 is 45.4 Å². The van der Waals surface area contributed by atoms with E-state index >= 15 is 0 Å². The Morgan fingerprint density at radius 2 is 1.67 bits per heavy atom. The minimum Gasteiger partial charge on any atom is -0.388 e. The zero-order valence-electron chi connectivity index (χ0n) is 14.8. The second kappa shape index (κ2) is 7.37. The van der Waals surface area contributed by atoms with Crippen LogP contribution in [0, 0.1) is 40.5 Å². The van der Waals surface area contributed by atoms with Crippen molar-refractivity contribution >= 4 is 5.78 Å². The maximum absolute atomic E-state index is 14.4. The molecule has 0 aromatic heterocycles. The standard InChI is InChI=1S/C19H10F7NO3/c1-30-18(10-14(22)12(20)9(5-27)13(21)15(10)23)11-16(28)7-3-2-6(19(24,25)26)4-8(7)17(11)29/h2-4,11,17-18,29H,1H3. The smallest absolute Gasteiger partial charge is 0.388 e. The molecule has 0 radical (unpaired) electrons. The Bertz CT molecular complexity index is 1060. The molecule has 0 amide bonds. The summed E-state index contributed by atoms with van der Waals surface area (Å²) < 4.78 is 100. The molecule has 0 spiro atoms. The highest BCUT2D eigenvalue weighted by molar-refractivity contribution is 6.03. The number of ketones is 1. The summed E-state index contributed by atoms with van der Waals surface area (Å²) in [6.07, 6.45) is -8.92. The third kappa shape index (κ3) is 3.12. The number of carbonyl (C=O) groups excluding carboxylic acids is 1. The molecule has 0 saturated carbocycles. The third-order valence-electron chi connectivity index (χ3n) is 4.88. The van der Waals surface area contributed by atoms with Crippen molar-refractivity contribution in [2.24, 2.45) is 5.92 Å². The number of halogens is 7. The Balaban J connectivity index is 2.16. The molecule has 2 aromatic carbocycles. The molecule has 0 aliphatic heterocycles. The summed E-state index contributed by atoms with van der Waals surface area (Å²) in [4.78, 5) is 12.7. The van der Waals surface area contributed by atoms with Crippen LogP contribution in [-0.4, -0.2) is 18.0 Å². The fourth-order valence-electron chi connectivity index (χ4n) is 3.47. The van der Waals surface area contributed by atoms with E-state index in [1.807, 2.05) is 0 Å². The largest absolute Gasteiger partial charge is 0.416 e. The molecule has 2 aromatic rings. The maximum Gasteiger partial charge on any atom is 0.416 e. The van der Waals surface area contributed by atoms with Crippen molar-refractivity contribution in [1.29, 1.82) is 5.26 Å². The zero-order chi connectivity index (χ0) is 22.5. The number of nitriles is 1. The van der Waals surface area contributed by atoms with Crippen LogP contribution in [0.1, 0.15) is 44.8 Å². The van der Waals surface area contributed by atoms with Crippen LogP contribution in [0.15, 0.2) is 18.2 Å². The number of Topliss-reactive ketones (excluding diaryl/α,β-unsaturated/α-hetero) is 1. The van der Waals surface area contributed by atoms with Crippen molar-refractivity contribution in [3.63, 3.8) is 0 Å². The Labute approximate surface area is 164 Å². The minimum absolute atomic E-state index is 0.363. The Kier molecular flexibility index (Phi) is 5.34. The lowest BCUT2D eigenvalue weighted by Gasteiger charge is -2.25. The van der Waals surface area contributed by atoms with Crippen molar-refractivity contribution in [3.05, 3.63) is 69.3 Å². The van der Waals surface area contributed by atoms with Gasteiger partial charge in [0.25, 0.3) is 0 Å². The zero-order valence-corrected chi connectivity index (χ0v) is 14.8. The second-order valence-electron chi connectivity index (χ2n) is 6.45. The van der Waals surface area contributed by atoms with Gasteiger partial charge in [-0.2, -0.15) is 18.4 Å². The predicted octanol–water partition coefficient (Wildman–Crippen LogP) is 4.37. The number of rotatable bonds is 3. The Morgan fingerprint density at radius 1 is 1.10 bits per heavy atom. The molecule has 3 atom stereocenters. The van der Waals surface area contributed by atoms with Gasteiger partial charge in [0.2, 0.25) is 0 Å². The highest BCUT2D eigenvalue weighted by Gasteiger charge is 2.48. The van der Waals surface area contributed by atoms with Gasteiger partial charge in [0, 0.05) is 12.7 Å². The predicted molar refractivity (Wildman–Crippen MR) is 85.0 cm³/mol. The van der Waals surface area contributed by atoms with Gasteiger partial charge in [0.15, 0.2) is 29.1 Å². The molecular weight excluding hydrogens is 423 g/mol. The van der Waals surface area contributed by atoms with Crippen molar-refractivity contribution in [3.8, 4) is 6.07 Å². The molecular formula is C19H10F7NO3. The molecule has 158 valence electrons. The van der Waals surface area contributed by atoms with Gasteiger partial charge >= 0.3 is 6.18 Å². The van der Waals surface area contributed by atoms with E-state index in [-0.39, 0.29) is 5.56 Å². The van der Waals surface area contributed by atoms with Crippen molar-refractivity contribution in [2.75, 3.05) is 7.11 Å². The number of benzene rings is 2. The van der Waals surface area contributed by atoms with Gasteiger partial charge in [-0.3, -0.25) is 4.79 Å². The molecule has 0 bridgehead atoms. The monoisotopic (exact) mass is 433 g/mol.